The van der Waals surface area contributed by atoms with E-state index in [1.165, 1.54) is 4.57 Å². The average molecular weight is 340 g/mol. The zero-order valence-electron chi connectivity index (χ0n) is 14.1. The number of para-hydroxylation sites is 2. The summed E-state index contributed by atoms with van der Waals surface area (Å²) in [7, 11) is 0. The molecule has 1 fully saturated rings. The van der Waals surface area contributed by atoms with Gasteiger partial charge in [0.2, 0.25) is 5.91 Å². The van der Waals surface area contributed by atoms with Gasteiger partial charge in [0.15, 0.2) is 5.58 Å². The van der Waals surface area contributed by atoms with Crippen LogP contribution in [0.3, 0.4) is 0 Å². The Balaban J connectivity index is 1.52. The molecule has 0 saturated carbocycles. The van der Waals surface area contributed by atoms with Crippen molar-refractivity contribution in [1.82, 2.24) is 19.2 Å². The molecule has 1 aliphatic heterocycles. The molecule has 130 valence electrons. The normalized spacial score (nSPS) is 18.0. The number of oxazole rings is 1. The van der Waals surface area contributed by atoms with Crippen molar-refractivity contribution in [3.63, 3.8) is 0 Å². The maximum atomic E-state index is 12.7. The molecule has 0 bridgehead atoms. The lowest BCUT2D eigenvalue weighted by Crippen LogP contribution is -2.43. The Labute approximate surface area is 144 Å². The smallest absolute Gasteiger partial charge is 0.408 e. The third-order valence-electron chi connectivity index (χ3n) is 4.72. The standard InChI is InChI=1S/C18H20N4O3/c1-13-9-19-22(10-13)14-5-4-8-20(11-14)17(23)12-21-15-6-2-3-7-16(15)25-18(21)24/h2-3,6-7,9-10,14H,4-5,8,11-12H2,1H3/t14-/m1/s1. The molecule has 7 heteroatoms. The first-order valence-corrected chi connectivity index (χ1v) is 8.49. The third kappa shape index (κ3) is 2.97. The Kier molecular flexibility index (Phi) is 3.91. The van der Waals surface area contributed by atoms with Crippen molar-refractivity contribution in [1.29, 1.82) is 0 Å². The number of likely N-dealkylation sites (tertiary alicyclic amines) is 1. The number of piperidine rings is 1. The molecule has 1 aromatic carbocycles. The van der Waals surface area contributed by atoms with Gasteiger partial charge in [-0.2, -0.15) is 5.10 Å². The molecule has 0 radical (unpaired) electrons. The number of fused-ring (bicyclic) bond motifs is 1. The summed E-state index contributed by atoms with van der Waals surface area (Å²) in [4.78, 5) is 26.6. The largest absolute Gasteiger partial charge is 0.420 e. The van der Waals surface area contributed by atoms with Crippen LogP contribution in [0.5, 0.6) is 0 Å². The van der Waals surface area contributed by atoms with Crippen LogP contribution in [0.2, 0.25) is 0 Å². The van der Waals surface area contributed by atoms with E-state index in [1.54, 1.807) is 18.2 Å². The van der Waals surface area contributed by atoms with Crippen molar-refractivity contribution in [3.8, 4) is 0 Å². The average Bonchev–Trinajstić information content (AvgIpc) is 3.19. The minimum Gasteiger partial charge on any atom is -0.408 e. The summed E-state index contributed by atoms with van der Waals surface area (Å²) < 4.78 is 8.54. The van der Waals surface area contributed by atoms with Gasteiger partial charge in [-0.15, -0.1) is 0 Å². The van der Waals surface area contributed by atoms with Gasteiger partial charge >= 0.3 is 5.76 Å². The van der Waals surface area contributed by atoms with Gasteiger partial charge in [-0.1, -0.05) is 12.1 Å². The second kappa shape index (κ2) is 6.23. The van der Waals surface area contributed by atoms with Crippen molar-refractivity contribution in [2.45, 2.75) is 32.4 Å². The fourth-order valence-corrected chi connectivity index (χ4v) is 3.43. The second-order valence-electron chi connectivity index (χ2n) is 6.56. The molecular formula is C18H20N4O3. The molecule has 25 heavy (non-hydrogen) atoms. The second-order valence-corrected chi connectivity index (χ2v) is 6.56. The first-order chi connectivity index (χ1) is 12.1. The molecule has 1 aliphatic rings. The zero-order chi connectivity index (χ0) is 17.4. The lowest BCUT2D eigenvalue weighted by atomic mass is 10.1. The number of amides is 1. The SMILES string of the molecule is Cc1cnn([C@@H]2CCCN(C(=O)Cn3c(=O)oc4ccccc43)C2)c1. The van der Waals surface area contributed by atoms with Gasteiger partial charge < -0.3 is 9.32 Å². The van der Waals surface area contributed by atoms with E-state index in [0.29, 0.717) is 24.2 Å². The van der Waals surface area contributed by atoms with Crippen molar-refractivity contribution in [2.24, 2.45) is 0 Å². The molecule has 1 atom stereocenters. The van der Waals surface area contributed by atoms with E-state index >= 15 is 0 Å². The van der Waals surface area contributed by atoms with Crippen LogP contribution in [-0.4, -0.2) is 38.2 Å². The first kappa shape index (κ1) is 15.7. The lowest BCUT2D eigenvalue weighted by molar-refractivity contribution is -0.133. The van der Waals surface area contributed by atoms with Crippen molar-refractivity contribution >= 4 is 17.0 Å². The van der Waals surface area contributed by atoms with Crippen LogP contribution in [0.4, 0.5) is 0 Å². The number of nitrogens with zero attached hydrogens (tertiary/aromatic N) is 4. The van der Waals surface area contributed by atoms with E-state index in [-0.39, 0.29) is 18.5 Å². The summed E-state index contributed by atoms with van der Waals surface area (Å²) in [6.45, 7) is 3.33. The highest BCUT2D eigenvalue weighted by Crippen LogP contribution is 2.22. The van der Waals surface area contributed by atoms with Crippen LogP contribution in [-0.2, 0) is 11.3 Å². The van der Waals surface area contributed by atoms with Gasteiger partial charge in [-0.3, -0.25) is 14.0 Å². The van der Waals surface area contributed by atoms with Crippen molar-refractivity contribution in [2.75, 3.05) is 13.1 Å². The summed E-state index contributed by atoms with van der Waals surface area (Å²) in [6, 6.07) is 7.34. The fourth-order valence-electron chi connectivity index (χ4n) is 3.43. The molecule has 7 nitrogen and oxygen atoms in total. The topological polar surface area (TPSA) is 73.3 Å². The number of carbonyl (C=O) groups excluding carboxylic acids is 1. The molecule has 1 saturated heterocycles. The maximum absolute atomic E-state index is 12.7. The predicted octanol–water partition coefficient (Wildman–Crippen LogP) is 1.96. The molecule has 2 aromatic heterocycles. The number of aromatic nitrogens is 3. The highest BCUT2D eigenvalue weighted by molar-refractivity contribution is 5.79. The molecule has 1 amide bonds. The molecule has 0 aliphatic carbocycles. The summed E-state index contributed by atoms with van der Waals surface area (Å²) in [5.41, 5.74) is 2.26. The third-order valence-corrected chi connectivity index (χ3v) is 4.72. The molecule has 0 N–H and O–H groups in total. The Morgan fingerprint density at radius 2 is 2.20 bits per heavy atom. The van der Waals surface area contributed by atoms with Crippen molar-refractivity contribution < 1.29 is 9.21 Å². The minimum atomic E-state index is -0.495. The van der Waals surface area contributed by atoms with E-state index in [0.717, 1.165) is 18.4 Å². The number of benzene rings is 1. The van der Waals surface area contributed by atoms with Crippen LogP contribution >= 0.6 is 0 Å². The molecule has 4 rings (SSSR count). The number of carbonyl (C=O) groups is 1. The Bertz CT molecular complexity index is 968. The minimum absolute atomic E-state index is 0.000696. The van der Waals surface area contributed by atoms with Crippen LogP contribution in [0.25, 0.3) is 11.1 Å². The molecule has 3 aromatic rings. The number of rotatable bonds is 3. The molecule has 0 spiro atoms. The Morgan fingerprint density at radius 1 is 1.36 bits per heavy atom. The van der Waals surface area contributed by atoms with E-state index in [2.05, 4.69) is 5.10 Å². The van der Waals surface area contributed by atoms with Gasteiger partial charge in [0.05, 0.1) is 17.8 Å². The van der Waals surface area contributed by atoms with Gasteiger partial charge in [-0.25, -0.2) is 4.79 Å². The summed E-state index contributed by atoms with van der Waals surface area (Å²) in [6.07, 6.45) is 5.76. The van der Waals surface area contributed by atoms with Crippen LogP contribution in [0, 0.1) is 6.92 Å². The van der Waals surface area contributed by atoms with Crippen LogP contribution in [0.15, 0.2) is 45.9 Å². The highest BCUT2D eigenvalue weighted by Gasteiger charge is 2.26. The monoisotopic (exact) mass is 340 g/mol. The quantitative estimate of drug-likeness (QED) is 0.731. The van der Waals surface area contributed by atoms with Gasteiger partial charge in [-0.05, 0) is 37.5 Å². The van der Waals surface area contributed by atoms with Gasteiger partial charge in [0, 0.05) is 19.3 Å². The van der Waals surface area contributed by atoms with Crippen LogP contribution in [0.1, 0.15) is 24.4 Å². The van der Waals surface area contributed by atoms with Gasteiger partial charge in [0.25, 0.3) is 0 Å². The summed E-state index contributed by atoms with van der Waals surface area (Å²) in [5.74, 6) is -0.562. The first-order valence-electron chi connectivity index (χ1n) is 8.49. The number of hydrogen-bond donors (Lipinski definition) is 0. The predicted molar refractivity (Wildman–Crippen MR) is 92.3 cm³/mol. The Morgan fingerprint density at radius 3 is 3.00 bits per heavy atom. The van der Waals surface area contributed by atoms with Crippen molar-refractivity contribution in [3.05, 3.63) is 52.8 Å². The maximum Gasteiger partial charge on any atom is 0.420 e. The zero-order valence-corrected chi connectivity index (χ0v) is 14.1. The highest BCUT2D eigenvalue weighted by atomic mass is 16.4. The lowest BCUT2D eigenvalue weighted by Gasteiger charge is -2.33. The van der Waals surface area contributed by atoms with E-state index in [1.807, 2.05) is 35.0 Å². The fraction of sp³-hybridized carbons (Fsp3) is 0.389. The molecular weight excluding hydrogens is 320 g/mol. The molecule has 3 heterocycles. The number of hydrogen-bond acceptors (Lipinski definition) is 4. The Hall–Kier alpha value is -2.83. The van der Waals surface area contributed by atoms with E-state index in [9.17, 15) is 9.59 Å². The van der Waals surface area contributed by atoms with Gasteiger partial charge in [0.1, 0.15) is 6.54 Å². The number of aryl methyl sites for hydroxylation is 1. The van der Waals surface area contributed by atoms with E-state index < -0.39 is 5.76 Å². The summed E-state index contributed by atoms with van der Waals surface area (Å²) in [5, 5.41) is 4.37. The summed E-state index contributed by atoms with van der Waals surface area (Å²) >= 11 is 0. The molecule has 0 unspecified atom stereocenters. The van der Waals surface area contributed by atoms with E-state index in [4.69, 9.17) is 4.42 Å². The van der Waals surface area contributed by atoms with Crippen LogP contribution < -0.4 is 5.76 Å².